The van der Waals surface area contributed by atoms with E-state index >= 15 is 0 Å². The Bertz CT molecular complexity index is 585. The van der Waals surface area contributed by atoms with Gasteiger partial charge in [-0.25, -0.2) is 9.67 Å². The molecular formula is C11H11F3N4O. The van der Waals surface area contributed by atoms with Crippen LogP contribution in [0, 0.1) is 0 Å². The predicted octanol–water partition coefficient (Wildman–Crippen LogP) is 1.89. The molecule has 8 heteroatoms. The lowest BCUT2D eigenvalue weighted by molar-refractivity contribution is -0.0885. The fourth-order valence-corrected chi connectivity index (χ4v) is 1.68. The summed E-state index contributed by atoms with van der Waals surface area (Å²) >= 11 is 0. The second-order valence-corrected chi connectivity index (χ2v) is 3.89. The van der Waals surface area contributed by atoms with Crippen LogP contribution in [-0.4, -0.2) is 31.3 Å². The second kappa shape index (κ2) is 4.87. The molecular weight excluding hydrogens is 261 g/mol. The molecule has 0 aliphatic carbocycles. The van der Waals surface area contributed by atoms with Gasteiger partial charge < -0.3 is 4.57 Å². The SMILES string of the molecule is CCn1ncnc1Cn1ccc(C(=O)C(F)(F)F)c1. The topological polar surface area (TPSA) is 52.7 Å². The molecule has 0 fully saturated rings. The van der Waals surface area contributed by atoms with E-state index in [0.717, 1.165) is 12.3 Å². The van der Waals surface area contributed by atoms with Crippen molar-refractivity contribution in [3.8, 4) is 0 Å². The number of carbonyl (C=O) groups excluding carboxylic acids is 1. The van der Waals surface area contributed by atoms with Crippen molar-refractivity contribution < 1.29 is 18.0 Å². The third kappa shape index (κ3) is 2.83. The van der Waals surface area contributed by atoms with Crippen molar-refractivity contribution >= 4 is 5.78 Å². The molecule has 0 unspecified atom stereocenters. The van der Waals surface area contributed by atoms with Crippen molar-refractivity contribution in [3.63, 3.8) is 0 Å². The molecule has 0 saturated carbocycles. The number of hydrogen-bond acceptors (Lipinski definition) is 3. The highest BCUT2D eigenvalue weighted by atomic mass is 19.4. The van der Waals surface area contributed by atoms with Crippen LogP contribution in [0.3, 0.4) is 0 Å². The van der Waals surface area contributed by atoms with Crippen LogP contribution in [0.2, 0.25) is 0 Å². The largest absolute Gasteiger partial charge is 0.454 e. The highest BCUT2D eigenvalue weighted by Gasteiger charge is 2.39. The van der Waals surface area contributed by atoms with Gasteiger partial charge in [0.15, 0.2) is 0 Å². The minimum absolute atomic E-state index is 0.263. The van der Waals surface area contributed by atoms with Gasteiger partial charge in [-0.2, -0.15) is 18.3 Å². The summed E-state index contributed by atoms with van der Waals surface area (Å²) in [6.07, 6.45) is -0.905. The quantitative estimate of drug-likeness (QED) is 0.799. The molecule has 0 saturated heterocycles. The van der Waals surface area contributed by atoms with Crippen LogP contribution in [0.25, 0.3) is 0 Å². The van der Waals surface area contributed by atoms with Gasteiger partial charge in [-0.3, -0.25) is 4.79 Å². The van der Waals surface area contributed by atoms with Gasteiger partial charge in [-0.05, 0) is 13.0 Å². The molecule has 0 spiro atoms. The van der Waals surface area contributed by atoms with Crippen molar-refractivity contribution in [2.24, 2.45) is 0 Å². The Balaban J connectivity index is 2.16. The van der Waals surface area contributed by atoms with Gasteiger partial charge in [0.1, 0.15) is 12.2 Å². The first-order valence-corrected chi connectivity index (χ1v) is 5.55. The summed E-state index contributed by atoms with van der Waals surface area (Å²) in [5, 5.41) is 3.96. The molecule has 0 bridgehead atoms. The van der Waals surface area contributed by atoms with E-state index in [-0.39, 0.29) is 12.1 Å². The Morgan fingerprint density at radius 1 is 1.42 bits per heavy atom. The van der Waals surface area contributed by atoms with Crippen LogP contribution in [-0.2, 0) is 13.1 Å². The number of halogens is 3. The zero-order chi connectivity index (χ0) is 14.0. The van der Waals surface area contributed by atoms with Gasteiger partial charge in [-0.15, -0.1) is 0 Å². The van der Waals surface area contributed by atoms with E-state index in [2.05, 4.69) is 10.1 Å². The summed E-state index contributed by atoms with van der Waals surface area (Å²) in [5.74, 6) is -1.23. The lowest BCUT2D eigenvalue weighted by Gasteiger charge is -2.04. The summed E-state index contributed by atoms with van der Waals surface area (Å²) in [6.45, 7) is 2.76. The number of aryl methyl sites for hydroxylation is 1. The molecule has 5 nitrogen and oxygen atoms in total. The maximum absolute atomic E-state index is 12.3. The maximum Gasteiger partial charge on any atom is 0.454 e. The average Bonchev–Trinajstić information content (AvgIpc) is 2.96. The predicted molar refractivity (Wildman–Crippen MR) is 59.6 cm³/mol. The van der Waals surface area contributed by atoms with E-state index in [0.29, 0.717) is 12.4 Å². The Hall–Kier alpha value is -2.12. The molecule has 0 aliphatic heterocycles. The van der Waals surface area contributed by atoms with E-state index in [9.17, 15) is 18.0 Å². The van der Waals surface area contributed by atoms with Gasteiger partial charge in [0.05, 0.1) is 6.54 Å². The second-order valence-electron chi connectivity index (χ2n) is 3.89. The maximum atomic E-state index is 12.3. The van der Waals surface area contributed by atoms with Crippen molar-refractivity contribution in [1.29, 1.82) is 0 Å². The number of aromatic nitrogens is 4. The zero-order valence-corrected chi connectivity index (χ0v) is 10.1. The van der Waals surface area contributed by atoms with Crippen LogP contribution < -0.4 is 0 Å². The third-order valence-corrected chi connectivity index (χ3v) is 2.59. The molecule has 2 aromatic heterocycles. The van der Waals surface area contributed by atoms with E-state index in [1.165, 1.54) is 17.1 Å². The van der Waals surface area contributed by atoms with Crippen molar-refractivity contribution in [1.82, 2.24) is 19.3 Å². The molecule has 102 valence electrons. The number of nitrogens with zero attached hydrogens (tertiary/aromatic N) is 4. The lowest BCUT2D eigenvalue weighted by Crippen LogP contribution is -2.22. The summed E-state index contributed by atoms with van der Waals surface area (Å²) in [6, 6.07) is 1.14. The van der Waals surface area contributed by atoms with Gasteiger partial charge in [0.25, 0.3) is 5.78 Å². The number of rotatable bonds is 4. The monoisotopic (exact) mass is 272 g/mol. The Labute approximate surface area is 106 Å². The summed E-state index contributed by atoms with van der Waals surface area (Å²) in [5.41, 5.74) is -0.380. The first kappa shape index (κ1) is 13.3. The smallest absolute Gasteiger partial charge is 0.346 e. The zero-order valence-electron chi connectivity index (χ0n) is 10.1. The molecule has 2 aromatic rings. The summed E-state index contributed by atoms with van der Waals surface area (Å²) < 4.78 is 39.9. The molecule has 0 aromatic carbocycles. The molecule has 0 amide bonds. The Morgan fingerprint density at radius 3 is 2.79 bits per heavy atom. The van der Waals surface area contributed by atoms with Crippen LogP contribution in [0.4, 0.5) is 13.2 Å². The minimum atomic E-state index is -4.85. The van der Waals surface area contributed by atoms with E-state index in [1.807, 2.05) is 6.92 Å². The highest BCUT2D eigenvalue weighted by molar-refractivity contribution is 6.00. The fourth-order valence-electron chi connectivity index (χ4n) is 1.68. The summed E-state index contributed by atoms with van der Waals surface area (Å²) in [4.78, 5) is 15.0. The summed E-state index contributed by atoms with van der Waals surface area (Å²) in [7, 11) is 0. The standard InChI is InChI=1S/C11H11F3N4O/c1-2-18-9(15-7-16-18)6-17-4-3-8(5-17)10(19)11(12,13)14/h3-5,7H,2,6H2,1H3. The number of carbonyl (C=O) groups is 1. The molecule has 0 N–H and O–H groups in total. The first-order chi connectivity index (χ1) is 8.91. The number of hydrogen-bond donors (Lipinski definition) is 0. The van der Waals surface area contributed by atoms with E-state index in [4.69, 9.17) is 0 Å². The molecule has 19 heavy (non-hydrogen) atoms. The van der Waals surface area contributed by atoms with Crippen LogP contribution in [0.1, 0.15) is 23.1 Å². The molecule has 0 atom stereocenters. The van der Waals surface area contributed by atoms with Crippen LogP contribution >= 0.6 is 0 Å². The van der Waals surface area contributed by atoms with Crippen LogP contribution in [0.15, 0.2) is 24.8 Å². The number of ketones is 1. The Kier molecular flexibility index (Phi) is 3.41. The van der Waals surface area contributed by atoms with Gasteiger partial charge in [-0.1, -0.05) is 0 Å². The fraction of sp³-hybridized carbons (Fsp3) is 0.364. The van der Waals surface area contributed by atoms with Crippen molar-refractivity contribution in [2.45, 2.75) is 26.2 Å². The van der Waals surface area contributed by atoms with Crippen molar-refractivity contribution in [3.05, 3.63) is 36.2 Å². The van der Waals surface area contributed by atoms with Gasteiger partial charge in [0.2, 0.25) is 0 Å². The van der Waals surface area contributed by atoms with Crippen molar-refractivity contribution in [2.75, 3.05) is 0 Å². The average molecular weight is 272 g/mol. The molecule has 2 heterocycles. The first-order valence-electron chi connectivity index (χ1n) is 5.55. The Morgan fingerprint density at radius 2 is 2.16 bits per heavy atom. The van der Waals surface area contributed by atoms with Gasteiger partial charge in [0, 0.05) is 24.5 Å². The molecule has 2 rings (SSSR count). The van der Waals surface area contributed by atoms with E-state index in [1.54, 1.807) is 4.68 Å². The third-order valence-electron chi connectivity index (χ3n) is 2.59. The van der Waals surface area contributed by atoms with E-state index < -0.39 is 12.0 Å². The number of Topliss-reactive ketones (excluding diaryl/α,β-unsaturated/α-hetero) is 1. The normalized spacial score (nSPS) is 11.8. The lowest BCUT2D eigenvalue weighted by atomic mass is 10.2. The minimum Gasteiger partial charge on any atom is -0.346 e. The van der Waals surface area contributed by atoms with Crippen LogP contribution in [0.5, 0.6) is 0 Å². The highest BCUT2D eigenvalue weighted by Crippen LogP contribution is 2.21. The molecule has 0 radical (unpaired) electrons. The number of alkyl halides is 3. The molecule has 0 aliphatic rings. The van der Waals surface area contributed by atoms with Gasteiger partial charge >= 0.3 is 6.18 Å².